The molecule has 0 radical (unpaired) electrons. The van der Waals surface area contributed by atoms with Gasteiger partial charge in [0.1, 0.15) is 11.8 Å². The zero-order valence-corrected chi connectivity index (χ0v) is 20.7. The van der Waals surface area contributed by atoms with Gasteiger partial charge in [-0.2, -0.15) is 4.31 Å². The van der Waals surface area contributed by atoms with E-state index < -0.39 is 16.1 Å². The lowest BCUT2D eigenvalue weighted by Crippen LogP contribution is -2.51. The highest BCUT2D eigenvalue weighted by atomic mass is 32.2. The van der Waals surface area contributed by atoms with Gasteiger partial charge in [-0.1, -0.05) is 72.8 Å². The minimum Gasteiger partial charge on any atom is -0.492 e. The van der Waals surface area contributed by atoms with Crippen molar-refractivity contribution in [3.63, 3.8) is 0 Å². The van der Waals surface area contributed by atoms with Crippen LogP contribution in [0.2, 0.25) is 0 Å². The van der Waals surface area contributed by atoms with Crippen molar-refractivity contribution in [1.29, 1.82) is 0 Å². The molecule has 1 heterocycles. The summed E-state index contributed by atoms with van der Waals surface area (Å²) in [7, 11) is -3.44. The Bertz CT molecular complexity index is 1210. The first-order chi connectivity index (χ1) is 17.0. The first kappa shape index (κ1) is 24.9. The van der Waals surface area contributed by atoms with Crippen molar-refractivity contribution in [2.75, 3.05) is 38.1 Å². The first-order valence-corrected chi connectivity index (χ1v) is 13.4. The fourth-order valence-electron chi connectivity index (χ4n) is 4.33. The lowest BCUT2D eigenvalue weighted by Gasteiger charge is -2.38. The van der Waals surface area contributed by atoms with E-state index in [1.54, 1.807) is 0 Å². The highest BCUT2D eigenvalue weighted by molar-refractivity contribution is 7.88. The fraction of sp³-hybridized carbons (Fsp3) is 0.296. The molecule has 1 atom stereocenters. The quantitative estimate of drug-likeness (QED) is 0.489. The van der Waals surface area contributed by atoms with Crippen LogP contribution in [0.5, 0.6) is 5.75 Å². The SMILES string of the molecule is CCOc1ccccc1NC(=O)C(c1ccccc1)N1CCN(S(=O)(=O)Cc2ccccc2)CC1. The van der Waals surface area contributed by atoms with Gasteiger partial charge in [0.05, 0.1) is 18.0 Å². The highest BCUT2D eigenvalue weighted by Crippen LogP contribution is 2.29. The second-order valence-corrected chi connectivity index (χ2v) is 10.4. The Morgan fingerprint density at radius 2 is 1.49 bits per heavy atom. The number of rotatable bonds is 9. The number of ether oxygens (including phenoxy) is 1. The van der Waals surface area contributed by atoms with Crippen LogP contribution in [-0.2, 0) is 20.6 Å². The molecule has 1 amide bonds. The number of amides is 1. The number of nitrogens with one attached hydrogen (secondary N) is 1. The molecule has 4 rings (SSSR count). The number of sulfonamides is 1. The lowest BCUT2D eigenvalue weighted by atomic mass is 10.0. The molecule has 184 valence electrons. The molecule has 35 heavy (non-hydrogen) atoms. The van der Waals surface area contributed by atoms with Crippen LogP contribution in [0.3, 0.4) is 0 Å². The maximum absolute atomic E-state index is 13.5. The molecule has 3 aromatic carbocycles. The van der Waals surface area contributed by atoms with Gasteiger partial charge in [-0.15, -0.1) is 0 Å². The number of benzene rings is 3. The second-order valence-electron chi connectivity index (χ2n) is 8.41. The Balaban J connectivity index is 1.49. The third-order valence-corrected chi connectivity index (χ3v) is 7.88. The number of para-hydroxylation sites is 2. The van der Waals surface area contributed by atoms with E-state index in [2.05, 4.69) is 5.32 Å². The largest absolute Gasteiger partial charge is 0.492 e. The van der Waals surface area contributed by atoms with Crippen molar-refractivity contribution in [3.8, 4) is 5.75 Å². The van der Waals surface area contributed by atoms with Crippen molar-refractivity contribution in [3.05, 3.63) is 96.1 Å². The predicted octanol–water partition coefficient (Wildman–Crippen LogP) is 3.91. The Kier molecular flexibility index (Phi) is 8.17. The third-order valence-electron chi connectivity index (χ3n) is 6.03. The van der Waals surface area contributed by atoms with Gasteiger partial charge < -0.3 is 10.1 Å². The molecule has 1 fully saturated rings. The summed E-state index contributed by atoms with van der Waals surface area (Å²) in [6.45, 7) is 3.97. The molecule has 1 unspecified atom stereocenters. The summed E-state index contributed by atoms with van der Waals surface area (Å²) in [6, 6.07) is 25.6. The number of hydrogen-bond donors (Lipinski definition) is 1. The molecule has 0 aliphatic carbocycles. The first-order valence-electron chi connectivity index (χ1n) is 11.8. The van der Waals surface area contributed by atoms with Gasteiger partial charge in [-0.25, -0.2) is 8.42 Å². The highest BCUT2D eigenvalue weighted by Gasteiger charge is 2.34. The molecule has 3 aromatic rings. The average molecular weight is 494 g/mol. The van der Waals surface area contributed by atoms with Crippen LogP contribution >= 0.6 is 0 Å². The van der Waals surface area contributed by atoms with Gasteiger partial charge in [0, 0.05) is 26.2 Å². The van der Waals surface area contributed by atoms with Gasteiger partial charge in [0.25, 0.3) is 0 Å². The van der Waals surface area contributed by atoms with Crippen LogP contribution in [-0.4, -0.2) is 56.3 Å². The molecule has 1 aliphatic heterocycles. The minimum atomic E-state index is -3.44. The molecule has 1 N–H and O–H groups in total. The van der Waals surface area contributed by atoms with Crippen LogP contribution in [0.25, 0.3) is 0 Å². The van der Waals surface area contributed by atoms with Crippen molar-refractivity contribution in [1.82, 2.24) is 9.21 Å². The van der Waals surface area contributed by atoms with Crippen LogP contribution < -0.4 is 10.1 Å². The molecule has 8 heteroatoms. The maximum atomic E-state index is 13.5. The lowest BCUT2D eigenvalue weighted by molar-refractivity contribution is -0.122. The number of nitrogens with zero attached hydrogens (tertiary/aromatic N) is 2. The number of hydrogen-bond acceptors (Lipinski definition) is 5. The maximum Gasteiger partial charge on any atom is 0.246 e. The van der Waals surface area contributed by atoms with Crippen LogP contribution in [0, 0.1) is 0 Å². The molecule has 0 aromatic heterocycles. The molecule has 7 nitrogen and oxygen atoms in total. The smallest absolute Gasteiger partial charge is 0.246 e. The van der Waals surface area contributed by atoms with E-state index in [1.165, 1.54) is 4.31 Å². The molecule has 1 aliphatic rings. The Hall–Kier alpha value is -3.20. The number of carbonyl (C=O) groups is 1. The van der Waals surface area contributed by atoms with Crippen molar-refractivity contribution >= 4 is 21.6 Å². The average Bonchev–Trinajstić information content (AvgIpc) is 2.87. The molecule has 0 bridgehead atoms. The van der Waals surface area contributed by atoms with Gasteiger partial charge in [-0.05, 0) is 30.2 Å². The molecular formula is C27H31N3O4S. The predicted molar refractivity (Wildman–Crippen MR) is 138 cm³/mol. The molecule has 0 spiro atoms. The fourth-order valence-corrected chi connectivity index (χ4v) is 5.85. The third kappa shape index (κ3) is 6.28. The van der Waals surface area contributed by atoms with Crippen molar-refractivity contribution < 1.29 is 17.9 Å². The summed E-state index contributed by atoms with van der Waals surface area (Å²) >= 11 is 0. The van der Waals surface area contributed by atoms with Crippen molar-refractivity contribution in [2.45, 2.75) is 18.7 Å². The second kappa shape index (κ2) is 11.5. The standard InChI is InChI=1S/C27H31N3O4S/c1-2-34-25-16-10-9-15-24(25)28-27(31)26(23-13-7-4-8-14-23)29-17-19-30(20-18-29)35(32,33)21-22-11-5-3-6-12-22/h3-16,26H,2,17-21H2,1H3,(H,28,31). The topological polar surface area (TPSA) is 79.0 Å². The van der Waals surface area contributed by atoms with E-state index in [0.29, 0.717) is 44.2 Å². The van der Waals surface area contributed by atoms with E-state index in [9.17, 15) is 13.2 Å². The number of carbonyl (C=O) groups excluding carboxylic acids is 1. The summed E-state index contributed by atoms with van der Waals surface area (Å²) in [5, 5.41) is 3.03. The molecule has 0 saturated carbocycles. The summed E-state index contributed by atoms with van der Waals surface area (Å²) in [5.41, 5.74) is 2.24. The summed E-state index contributed by atoms with van der Waals surface area (Å²) < 4.78 is 33.2. The van der Waals surface area contributed by atoms with E-state index in [0.717, 1.165) is 11.1 Å². The zero-order chi connectivity index (χ0) is 24.7. The van der Waals surface area contributed by atoms with E-state index in [4.69, 9.17) is 4.74 Å². The summed E-state index contributed by atoms with van der Waals surface area (Å²) in [6.07, 6.45) is 0. The summed E-state index contributed by atoms with van der Waals surface area (Å²) in [5.74, 6) is 0.418. The number of anilines is 1. The Morgan fingerprint density at radius 1 is 0.886 bits per heavy atom. The number of piperazine rings is 1. The van der Waals surface area contributed by atoms with Gasteiger partial charge in [0.2, 0.25) is 15.9 Å². The molecule has 1 saturated heterocycles. The van der Waals surface area contributed by atoms with Gasteiger partial charge in [0.15, 0.2) is 0 Å². The van der Waals surface area contributed by atoms with Crippen LogP contribution in [0.1, 0.15) is 24.1 Å². The van der Waals surface area contributed by atoms with Crippen molar-refractivity contribution in [2.24, 2.45) is 0 Å². The Morgan fingerprint density at radius 3 is 2.14 bits per heavy atom. The minimum absolute atomic E-state index is 0.0232. The van der Waals surface area contributed by atoms with E-state index in [-0.39, 0.29) is 11.7 Å². The zero-order valence-electron chi connectivity index (χ0n) is 19.8. The van der Waals surface area contributed by atoms with Gasteiger partial charge >= 0.3 is 0 Å². The van der Waals surface area contributed by atoms with Crippen LogP contribution in [0.15, 0.2) is 84.9 Å². The van der Waals surface area contributed by atoms with E-state index >= 15 is 0 Å². The monoisotopic (exact) mass is 493 g/mol. The Labute approximate surface area is 207 Å². The van der Waals surface area contributed by atoms with Gasteiger partial charge in [-0.3, -0.25) is 9.69 Å². The normalized spacial score (nSPS) is 15.9. The van der Waals surface area contributed by atoms with E-state index in [1.807, 2.05) is 96.8 Å². The summed E-state index contributed by atoms with van der Waals surface area (Å²) in [4.78, 5) is 15.6. The molecular weight excluding hydrogens is 462 g/mol. The van der Waals surface area contributed by atoms with Crippen LogP contribution in [0.4, 0.5) is 5.69 Å².